The van der Waals surface area contributed by atoms with Crippen molar-refractivity contribution in [1.29, 1.82) is 0 Å². The second-order valence-electron chi connectivity index (χ2n) is 6.81. The van der Waals surface area contributed by atoms with Gasteiger partial charge in [-0.25, -0.2) is 0 Å². The summed E-state index contributed by atoms with van der Waals surface area (Å²) in [5.41, 5.74) is 2.84. The average molecular weight is 288 g/mol. The summed E-state index contributed by atoms with van der Waals surface area (Å²) in [4.78, 5) is 2.64. The lowest BCUT2D eigenvalue weighted by atomic mass is 9.89. The van der Waals surface area contributed by atoms with E-state index in [-0.39, 0.29) is 0 Å². The Balaban J connectivity index is 1.83. The predicted octanol–water partition coefficient (Wildman–Crippen LogP) is 4.05. The lowest BCUT2D eigenvalue weighted by Gasteiger charge is -2.21. The minimum atomic E-state index is 0.843. The standard InChI is InChI=1S/C19H32N2/c1-4-20-14-17-7-9-18(10-8-17)15-21-12-5-6-19(11-13-21)16(2)3/h7-10,16,19-20H,4-6,11-15H2,1-3H3. The Labute approximate surface area is 130 Å². The van der Waals surface area contributed by atoms with Crippen LogP contribution in [0.25, 0.3) is 0 Å². The molecule has 2 heteroatoms. The van der Waals surface area contributed by atoms with Crippen molar-refractivity contribution in [2.24, 2.45) is 11.8 Å². The number of benzene rings is 1. The van der Waals surface area contributed by atoms with E-state index in [0.29, 0.717) is 0 Å². The van der Waals surface area contributed by atoms with Crippen molar-refractivity contribution in [2.45, 2.75) is 53.1 Å². The van der Waals surface area contributed by atoms with Crippen LogP contribution in [0.3, 0.4) is 0 Å². The van der Waals surface area contributed by atoms with E-state index in [2.05, 4.69) is 55.3 Å². The van der Waals surface area contributed by atoms with Gasteiger partial charge in [-0.05, 0) is 61.9 Å². The molecule has 1 atom stereocenters. The highest BCUT2D eigenvalue weighted by Crippen LogP contribution is 2.25. The normalized spacial score (nSPS) is 20.7. The van der Waals surface area contributed by atoms with Gasteiger partial charge in [0, 0.05) is 13.1 Å². The Kier molecular flexibility index (Phi) is 6.72. The van der Waals surface area contributed by atoms with Gasteiger partial charge in [0.1, 0.15) is 0 Å². The molecule has 1 saturated heterocycles. The molecule has 0 aromatic heterocycles. The Hall–Kier alpha value is -0.860. The van der Waals surface area contributed by atoms with Gasteiger partial charge in [-0.15, -0.1) is 0 Å². The molecule has 2 rings (SSSR count). The summed E-state index contributed by atoms with van der Waals surface area (Å²) in [7, 11) is 0. The van der Waals surface area contributed by atoms with Crippen LogP contribution in [-0.4, -0.2) is 24.5 Å². The number of nitrogens with zero attached hydrogens (tertiary/aromatic N) is 1. The van der Waals surface area contributed by atoms with Crippen LogP contribution in [0.1, 0.15) is 51.2 Å². The first-order chi connectivity index (χ1) is 10.2. The van der Waals surface area contributed by atoms with E-state index in [1.165, 1.54) is 43.5 Å². The quantitative estimate of drug-likeness (QED) is 0.849. The molecule has 0 spiro atoms. The van der Waals surface area contributed by atoms with Gasteiger partial charge in [-0.2, -0.15) is 0 Å². The maximum atomic E-state index is 3.38. The first-order valence-corrected chi connectivity index (χ1v) is 8.70. The fourth-order valence-corrected chi connectivity index (χ4v) is 3.30. The molecule has 0 saturated carbocycles. The largest absolute Gasteiger partial charge is 0.313 e. The SMILES string of the molecule is CCNCc1ccc(CN2CCCC(C(C)C)CC2)cc1. The van der Waals surface area contributed by atoms with Crippen LogP contribution in [0.5, 0.6) is 0 Å². The summed E-state index contributed by atoms with van der Waals surface area (Å²) < 4.78 is 0. The van der Waals surface area contributed by atoms with Crippen molar-refractivity contribution in [3.05, 3.63) is 35.4 Å². The molecule has 1 fully saturated rings. The van der Waals surface area contributed by atoms with Crippen molar-refractivity contribution < 1.29 is 0 Å². The molecular formula is C19H32N2. The highest BCUT2D eigenvalue weighted by molar-refractivity contribution is 5.22. The van der Waals surface area contributed by atoms with Gasteiger partial charge >= 0.3 is 0 Å². The minimum Gasteiger partial charge on any atom is -0.313 e. The van der Waals surface area contributed by atoms with Crippen LogP contribution in [0, 0.1) is 11.8 Å². The van der Waals surface area contributed by atoms with E-state index < -0.39 is 0 Å². The molecule has 1 aromatic rings. The van der Waals surface area contributed by atoms with Gasteiger partial charge in [0.2, 0.25) is 0 Å². The fourth-order valence-electron chi connectivity index (χ4n) is 3.30. The Morgan fingerprint density at radius 2 is 1.81 bits per heavy atom. The van der Waals surface area contributed by atoms with Gasteiger partial charge in [0.15, 0.2) is 0 Å². The topological polar surface area (TPSA) is 15.3 Å². The maximum Gasteiger partial charge on any atom is 0.0233 e. The predicted molar refractivity (Wildman–Crippen MR) is 91.3 cm³/mol. The summed E-state index contributed by atoms with van der Waals surface area (Å²) in [5, 5.41) is 3.38. The first kappa shape index (κ1) is 16.5. The van der Waals surface area contributed by atoms with Crippen molar-refractivity contribution in [3.8, 4) is 0 Å². The van der Waals surface area contributed by atoms with Crippen molar-refractivity contribution >= 4 is 0 Å². The fraction of sp³-hybridized carbons (Fsp3) is 0.684. The summed E-state index contributed by atoms with van der Waals surface area (Å²) in [6.45, 7) is 12.6. The van der Waals surface area contributed by atoms with Gasteiger partial charge in [-0.1, -0.05) is 45.0 Å². The smallest absolute Gasteiger partial charge is 0.0233 e. The van der Waals surface area contributed by atoms with E-state index in [1.807, 2.05) is 0 Å². The van der Waals surface area contributed by atoms with Crippen LogP contribution in [0.15, 0.2) is 24.3 Å². The average Bonchev–Trinajstić information content (AvgIpc) is 2.72. The summed E-state index contributed by atoms with van der Waals surface area (Å²) in [5.74, 6) is 1.77. The molecule has 1 N–H and O–H groups in total. The highest BCUT2D eigenvalue weighted by Gasteiger charge is 2.19. The number of nitrogens with one attached hydrogen (secondary N) is 1. The van der Waals surface area contributed by atoms with Gasteiger partial charge in [0.25, 0.3) is 0 Å². The molecule has 0 bridgehead atoms. The molecule has 1 aliphatic heterocycles. The maximum absolute atomic E-state index is 3.38. The van der Waals surface area contributed by atoms with Crippen LogP contribution in [-0.2, 0) is 13.1 Å². The third kappa shape index (κ3) is 5.44. The molecule has 0 aliphatic carbocycles. The molecule has 0 radical (unpaired) electrons. The van der Waals surface area contributed by atoms with Crippen molar-refractivity contribution in [1.82, 2.24) is 10.2 Å². The second-order valence-corrected chi connectivity index (χ2v) is 6.81. The molecule has 0 amide bonds. The molecule has 1 heterocycles. The first-order valence-electron chi connectivity index (χ1n) is 8.70. The highest BCUT2D eigenvalue weighted by atomic mass is 15.1. The van der Waals surface area contributed by atoms with Crippen LogP contribution < -0.4 is 5.32 Å². The Bertz CT molecular complexity index is 397. The van der Waals surface area contributed by atoms with E-state index in [9.17, 15) is 0 Å². The molecule has 118 valence electrons. The van der Waals surface area contributed by atoms with Gasteiger partial charge in [0.05, 0.1) is 0 Å². The van der Waals surface area contributed by atoms with Crippen molar-refractivity contribution in [3.63, 3.8) is 0 Å². The zero-order chi connectivity index (χ0) is 15.1. The summed E-state index contributed by atoms with van der Waals surface area (Å²) in [6.07, 6.45) is 4.15. The molecule has 2 nitrogen and oxygen atoms in total. The third-order valence-electron chi connectivity index (χ3n) is 4.82. The molecule has 21 heavy (non-hydrogen) atoms. The number of hydrogen-bond acceptors (Lipinski definition) is 2. The molecule has 1 unspecified atom stereocenters. The molecular weight excluding hydrogens is 256 g/mol. The molecule has 1 aliphatic rings. The van der Waals surface area contributed by atoms with E-state index >= 15 is 0 Å². The third-order valence-corrected chi connectivity index (χ3v) is 4.82. The Morgan fingerprint density at radius 3 is 2.48 bits per heavy atom. The van der Waals surface area contributed by atoms with Crippen molar-refractivity contribution in [2.75, 3.05) is 19.6 Å². The van der Waals surface area contributed by atoms with E-state index in [4.69, 9.17) is 0 Å². The minimum absolute atomic E-state index is 0.843. The monoisotopic (exact) mass is 288 g/mol. The number of rotatable bonds is 6. The summed E-state index contributed by atoms with van der Waals surface area (Å²) in [6, 6.07) is 9.15. The van der Waals surface area contributed by atoms with Crippen LogP contribution in [0.4, 0.5) is 0 Å². The van der Waals surface area contributed by atoms with Gasteiger partial charge in [-0.3, -0.25) is 4.90 Å². The van der Waals surface area contributed by atoms with E-state index in [1.54, 1.807) is 0 Å². The lowest BCUT2D eigenvalue weighted by Crippen LogP contribution is -2.24. The molecule has 1 aromatic carbocycles. The lowest BCUT2D eigenvalue weighted by molar-refractivity contribution is 0.265. The second kappa shape index (κ2) is 8.55. The number of likely N-dealkylation sites (tertiary alicyclic amines) is 1. The van der Waals surface area contributed by atoms with Crippen LogP contribution in [0.2, 0.25) is 0 Å². The number of hydrogen-bond donors (Lipinski definition) is 1. The zero-order valence-electron chi connectivity index (χ0n) is 14.1. The summed E-state index contributed by atoms with van der Waals surface area (Å²) >= 11 is 0. The van der Waals surface area contributed by atoms with E-state index in [0.717, 1.165) is 31.5 Å². The van der Waals surface area contributed by atoms with Crippen LogP contribution >= 0.6 is 0 Å². The Morgan fingerprint density at radius 1 is 1.10 bits per heavy atom. The zero-order valence-corrected chi connectivity index (χ0v) is 14.1. The van der Waals surface area contributed by atoms with Gasteiger partial charge < -0.3 is 5.32 Å².